The average molecular weight is 540 g/mol. The highest BCUT2D eigenvalue weighted by molar-refractivity contribution is 5.91. The Labute approximate surface area is 233 Å². The molecule has 5 rings (SSSR count). The third kappa shape index (κ3) is 6.14. The highest BCUT2D eigenvalue weighted by Crippen LogP contribution is 2.41. The fraction of sp³-hybridized carbons (Fsp3) is 0.290. The van der Waals surface area contributed by atoms with E-state index < -0.39 is 0 Å². The van der Waals surface area contributed by atoms with Crippen molar-refractivity contribution in [2.75, 3.05) is 18.5 Å². The Bertz CT molecular complexity index is 1490. The molecule has 0 fully saturated rings. The van der Waals surface area contributed by atoms with Gasteiger partial charge in [0.25, 0.3) is 0 Å². The molecular formula is C31H33N5O4. The molecule has 0 aliphatic carbocycles. The zero-order valence-corrected chi connectivity index (χ0v) is 22.9. The molecule has 9 nitrogen and oxygen atoms in total. The number of rotatable bonds is 8. The Kier molecular flexibility index (Phi) is 8.10. The Morgan fingerprint density at radius 3 is 2.75 bits per heavy atom. The van der Waals surface area contributed by atoms with Crippen LogP contribution >= 0.6 is 0 Å². The molecule has 1 aliphatic rings. The summed E-state index contributed by atoms with van der Waals surface area (Å²) in [6, 6.07) is 13.6. The summed E-state index contributed by atoms with van der Waals surface area (Å²) in [5, 5.41) is 5.92. The van der Waals surface area contributed by atoms with Crippen LogP contribution in [0, 0.1) is 13.8 Å². The molecule has 9 heteroatoms. The van der Waals surface area contributed by atoms with E-state index in [0.717, 1.165) is 33.4 Å². The minimum absolute atomic E-state index is 0.173. The molecule has 1 unspecified atom stereocenters. The number of amides is 3. The SMILES string of the molecule is CC(=O)Nc1cc2c(cc1OCCc1cccnc1)C(c1ccc(C)cc1C)N(C(=O)NCc1cocn1)CC2. The number of nitrogens with one attached hydrogen (secondary N) is 2. The number of ether oxygens (including phenoxy) is 1. The number of anilines is 1. The van der Waals surface area contributed by atoms with Crippen molar-refractivity contribution in [3.05, 3.63) is 107 Å². The number of oxazole rings is 1. The first-order valence-corrected chi connectivity index (χ1v) is 13.3. The average Bonchev–Trinajstić information content (AvgIpc) is 3.46. The van der Waals surface area contributed by atoms with E-state index in [1.165, 1.54) is 19.6 Å². The molecule has 0 saturated carbocycles. The number of benzene rings is 2. The van der Waals surface area contributed by atoms with Gasteiger partial charge in [-0.05, 0) is 66.3 Å². The molecule has 1 aliphatic heterocycles. The summed E-state index contributed by atoms with van der Waals surface area (Å²) in [6.45, 7) is 6.80. The maximum atomic E-state index is 13.6. The smallest absolute Gasteiger partial charge is 0.318 e. The lowest BCUT2D eigenvalue weighted by Crippen LogP contribution is -2.46. The van der Waals surface area contributed by atoms with Crippen LogP contribution in [0.25, 0.3) is 0 Å². The lowest BCUT2D eigenvalue weighted by Gasteiger charge is -2.39. The normalized spacial score (nSPS) is 14.4. The third-order valence-electron chi connectivity index (χ3n) is 7.04. The highest BCUT2D eigenvalue weighted by atomic mass is 16.5. The van der Waals surface area contributed by atoms with E-state index >= 15 is 0 Å². The molecule has 40 heavy (non-hydrogen) atoms. The topological polar surface area (TPSA) is 110 Å². The summed E-state index contributed by atoms with van der Waals surface area (Å²) in [5.41, 5.74) is 7.66. The second-order valence-electron chi connectivity index (χ2n) is 10.0. The molecule has 0 saturated heterocycles. The molecule has 3 amide bonds. The number of urea groups is 1. The molecule has 0 bridgehead atoms. The molecule has 4 aromatic rings. The summed E-state index contributed by atoms with van der Waals surface area (Å²) >= 11 is 0. The van der Waals surface area contributed by atoms with E-state index in [1.54, 1.807) is 6.20 Å². The van der Waals surface area contributed by atoms with Crippen molar-refractivity contribution in [3.63, 3.8) is 0 Å². The van der Waals surface area contributed by atoms with Gasteiger partial charge >= 0.3 is 6.03 Å². The number of carbonyl (C=O) groups excluding carboxylic acids is 2. The lowest BCUT2D eigenvalue weighted by molar-refractivity contribution is -0.114. The summed E-state index contributed by atoms with van der Waals surface area (Å²) < 4.78 is 11.3. The predicted octanol–water partition coefficient (Wildman–Crippen LogP) is 5.12. The van der Waals surface area contributed by atoms with Crippen molar-refractivity contribution in [3.8, 4) is 5.75 Å². The standard InChI is InChI=1S/C31H33N5O4/c1-20-6-7-26(21(2)13-20)30-27-15-29(40-12-9-23-5-4-10-32-16-23)28(35-22(3)37)14-24(27)8-11-36(30)31(38)33-17-25-18-39-19-34-25/h4-7,10,13-16,18-19,30H,8-9,11-12,17H2,1-3H3,(H,33,38)(H,35,37). The summed E-state index contributed by atoms with van der Waals surface area (Å²) in [4.78, 5) is 35.8. The van der Waals surface area contributed by atoms with Crippen molar-refractivity contribution in [2.24, 2.45) is 0 Å². The highest BCUT2D eigenvalue weighted by Gasteiger charge is 2.34. The van der Waals surface area contributed by atoms with Gasteiger partial charge in [0, 0.05) is 32.3 Å². The lowest BCUT2D eigenvalue weighted by atomic mass is 9.85. The van der Waals surface area contributed by atoms with Crippen molar-refractivity contribution in [1.82, 2.24) is 20.2 Å². The maximum absolute atomic E-state index is 13.6. The quantitative estimate of drug-likeness (QED) is 0.322. The first-order valence-electron chi connectivity index (χ1n) is 13.3. The van der Waals surface area contributed by atoms with Gasteiger partial charge in [0.2, 0.25) is 5.91 Å². The van der Waals surface area contributed by atoms with Crippen LogP contribution in [0.1, 0.15) is 52.0 Å². The zero-order valence-electron chi connectivity index (χ0n) is 22.9. The number of nitrogens with zero attached hydrogens (tertiary/aromatic N) is 3. The van der Waals surface area contributed by atoms with Crippen LogP contribution in [0.3, 0.4) is 0 Å². The van der Waals surface area contributed by atoms with Crippen LogP contribution in [0.2, 0.25) is 0 Å². The number of aromatic nitrogens is 2. The Morgan fingerprint density at radius 2 is 2.02 bits per heavy atom. The number of fused-ring (bicyclic) bond motifs is 1. The molecule has 206 valence electrons. The fourth-order valence-corrected chi connectivity index (χ4v) is 5.16. The molecule has 2 aromatic carbocycles. The first kappa shape index (κ1) is 26.9. The number of aryl methyl sites for hydroxylation is 2. The van der Waals surface area contributed by atoms with Gasteiger partial charge in [0.05, 0.1) is 30.6 Å². The van der Waals surface area contributed by atoms with Gasteiger partial charge in [-0.25, -0.2) is 9.78 Å². The van der Waals surface area contributed by atoms with Crippen LogP contribution in [0.4, 0.5) is 10.5 Å². The monoisotopic (exact) mass is 539 g/mol. The van der Waals surface area contributed by atoms with Crippen molar-refractivity contribution < 1.29 is 18.7 Å². The van der Waals surface area contributed by atoms with Crippen molar-refractivity contribution >= 4 is 17.6 Å². The second-order valence-corrected chi connectivity index (χ2v) is 10.0. The summed E-state index contributed by atoms with van der Waals surface area (Å²) in [6.07, 6.45) is 7.73. The van der Waals surface area contributed by atoms with Gasteiger partial charge in [-0.15, -0.1) is 0 Å². The number of pyridine rings is 1. The van der Waals surface area contributed by atoms with E-state index in [1.807, 2.05) is 35.4 Å². The molecule has 2 N–H and O–H groups in total. The van der Waals surface area contributed by atoms with Gasteiger partial charge in [-0.2, -0.15) is 0 Å². The van der Waals surface area contributed by atoms with Crippen molar-refractivity contribution in [1.29, 1.82) is 0 Å². The van der Waals surface area contributed by atoms with Crippen LogP contribution in [0.5, 0.6) is 5.75 Å². The predicted molar refractivity (Wildman–Crippen MR) is 151 cm³/mol. The first-order chi connectivity index (χ1) is 19.4. The van der Waals surface area contributed by atoms with E-state index in [9.17, 15) is 9.59 Å². The Balaban J connectivity index is 1.50. The maximum Gasteiger partial charge on any atom is 0.318 e. The molecule has 1 atom stereocenters. The molecule has 0 spiro atoms. The minimum atomic E-state index is -0.339. The number of hydrogen-bond acceptors (Lipinski definition) is 6. The van der Waals surface area contributed by atoms with Crippen molar-refractivity contribution in [2.45, 2.75) is 46.2 Å². The van der Waals surface area contributed by atoms with E-state index in [0.29, 0.717) is 43.1 Å². The van der Waals surface area contributed by atoms with E-state index in [4.69, 9.17) is 9.15 Å². The third-order valence-corrected chi connectivity index (χ3v) is 7.04. The summed E-state index contributed by atoms with van der Waals surface area (Å²) in [7, 11) is 0. The van der Waals surface area contributed by atoms with Crippen LogP contribution < -0.4 is 15.4 Å². The molecular weight excluding hydrogens is 506 g/mol. The molecule has 2 aromatic heterocycles. The largest absolute Gasteiger partial charge is 0.491 e. The van der Waals surface area contributed by atoms with Crippen LogP contribution in [-0.2, 0) is 24.2 Å². The molecule has 0 radical (unpaired) electrons. The van der Waals surface area contributed by atoms with Gasteiger partial charge in [-0.1, -0.05) is 29.8 Å². The Morgan fingerprint density at radius 1 is 1.15 bits per heavy atom. The zero-order chi connectivity index (χ0) is 28.1. The van der Waals surface area contributed by atoms with Crippen LogP contribution in [-0.4, -0.2) is 40.0 Å². The fourth-order valence-electron chi connectivity index (χ4n) is 5.16. The van der Waals surface area contributed by atoms with Gasteiger partial charge in [-0.3, -0.25) is 9.78 Å². The number of carbonyl (C=O) groups is 2. The minimum Gasteiger partial charge on any atom is -0.491 e. The van der Waals surface area contributed by atoms with Crippen LogP contribution in [0.15, 0.2) is 71.9 Å². The van der Waals surface area contributed by atoms with E-state index in [2.05, 4.69) is 52.6 Å². The Hall–Kier alpha value is -4.66. The molecule has 3 heterocycles. The van der Waals surface area contributed by atoms with Gasteiger partial charge in [0.1, 0.15) is 12.0 Å². The number of hydrogen-bond donors (Lipinski definition) is 2. The van der Waals surface area contributed by atoms with Gasteiger partial charge < -0.3 is 24.7 Å². The van der Waals surface area contributed by atoms with E-state index in [-0.39, 0.29) is 24.5 Å². The second kappa shape index (κ2) is 12.0. The van der Waals surface area contributed by atoms with Gasteiger partial charge in [0.15, 0.2) is 6.39 Å². The summed E-state index contributed by atoms with van der Waals surface area (Å²) in [5.74, 6) is 0.394.